The summed E-state index contributed by atoms with van der Waals surface area (Å²) in [6.45, 7) is 0.560. The molecule has 0 fully saturated rings. The Kier molecular flexibility index (Phi) is 6.23. The molecule has 0 saturated heterocycles. The fourth-order valence-electron chi connectivity index (χ4n) is 3.25. The van der Waals surface area contributed by atoms with E-state index >= 15 is 0 Å². The number of hydrogen-bond donors (Lipinski definition) is 4. The Bertz CT molecular complexity index is 1270. The number of aromatic nitrogens is 3. The topological polar surface area (TPSA) is 120 Å². The quantitative estimate of drug-likeness (QED) is 0.340. The van der Waals surface area contributed by atoms with Gasteiger partial charge in [-0.25, -0.2) is 4.98 Å². The Labute approximate surface area is 181 Å². The van der Waals surface area contributed by atoms with Gasteiger partial charge in [-0.15, -0.1) is 11.3 Å². The van der Waals surface area contributed by atoms with Crippen molar-refractivity contribution in [2.24, 2.45) is 0 Å². The lowest BCUT2D eigenvalue weighted by Crippen LogP contribution is -2.25. The lowest BCUT2D eigenvalue weighted by Gasteiger charge is -2.04. The molecule has 0 radical (unpaired) electrons. The van der Waals surface area contributed by atoms with Gasteiger partial charge in [0, 0.05) is 41.6 Å². The molecule has 0 unspecified atom stereocenters. The van der Waals surface area contributed by atoms with Crippen LogP contribution in [0.1, 0.15) is 28.0 Å². The number of aryl methyl sites for hydroxylation is 1. The number of nitrogens with one attached hydrogen (secondary N) is 4. The third-order valence-electron chi connectivity index (χ3n) is 4.83. The van der Waals surface area contributed by atoms with Crippen LogP contribution in [0.25, 0.3) is 10.9 Å². The molecular formula is C22H21N5O3S. The zero-order valence-electron chi connectivity index (χ0n) is 16.6. The van der Waals surface area contributed by atoms with Gasteiger partial charge in [0.05, 0.1) is 5.69 Å². The van der Waals surface area contributed by atoms with Crippen LogP contribution in [0.5, 0.6) is 0 Å². The van der Waals surface area contributed by atoms with Gasteiger partial charge >= 0.3 is 0 Å². The molecule has 9 heteroatoms. The summed E-state index contributed by atoms with van der Waals surface area (Å²) in [7, 11) is 0. The summed E-state index contributed by atoms with van der Waals surface area (Å²) >= 11 is 1.26. The summed E-state index contributed by atoms with van der Waals surface area (Å²) in [5, 5.41) is 8.91. The second-order valence-electron chi connectivity index (χ2n) is 6.97. The van der Waals surface area contributed by atoms with Gasteiger partial charge in [-0.05, 0) is 36.6 Å². The van der Waals surface area contributed by atoms with Crippen LogP contribution >= 0.6 is 11.3 Å². The number of thiazole rings is 1. The van der Waals surface area contributed by atoms with E-state index in [9.17, 15) is 14.4 Å². The largest absolute Gasteiger partial charge is 0.361 e. The monoisotopic (exact) mass is 435 g/mol. The van der Waals surface area contributed by atoms with Crippen LogP contribution in [0.4, 0.5) is 5.13 Å². The molecule has 31 heavy (non-hydrogen) atoms. The van der Waals surface area contributed by atoms with E-state index in [1.54, 1.807) is 11.4 Å². The summed E-state index contributed by atoms with van der Waals surface area (Å²) in [5.74, 6) is -0.563. The molecule has 2 amide bonds. The number of carbonyl (C=O) groups excluding carboxylic acids is 2. The Morgan fingerprint density at radius 3 is 2.81 bits per heavy atom. The highest BCUT2D eigenvalue weighted by molar-refractivity contribution is 7.14. The molecule has 4 aromatic rings. The molecule has 158 valence electrons. The summed E-state index contributed by atoms with van der Waals surface area (Å²) in [4.78, 5) is 46.0. The van der Waals surface area contributed by atoms with Crippen LogP contribution in [0.3, 0.4) is 0 Å². The molecule has 0 aliphatic carbocycles. The van der Waals surface area contributed by atoms with Crippen LogP contribution in [0, 0.1) is 0 Å². The number of fused-ring (bicyclic) bond motifs is 1. The molecule has 0 spiro atoms. The van der Waals surface area contributed by atoms with Crippen molar-refractivity contribution in [2.75, 3.05) is 11.9 Å². The van der Waals surface area contributed by atoms with Crippen LogP contribution in [0.15, 0.2) is 59.0 Å². The Balaban J connectivity index is 1.23. The van der Waals surface area contributed by atoms with Gasteiger partial charge < -0.3 is 15.3 Å². The Hall–Kier alpha value is -3.72. The SMILES string of the molecule is O=C(CCc1csc(NC(=O)c2ccc[nH]c2=O)n1)NCCc1c[nH]c2ccccc12. The van der Waals surface area contributed by atoms with Crippen LogP contribution < -0.4 is 16.2 Å². The van der Waals surface area contributed by atoms with E-state index in [4.69, 9.17) is 0 Å². The first-order valence-corrected chi connectivity index (χ1v) is 10.7. The highest BCUT2D eigenvalue weighted by Crippen LogP contribution is 2.18. The van der Waals surface area contributed by atoms with Crippen molar-refractivity contribution >= 4 is 39.2 Å². The maximum atomic E-state index is 12.2. The number of para-hydroxylation sites is 1. The number of pyridine rings is 1. The molecule has 0 saturated carbocycles. The molecule has 8 nitrogen and oxygen atoms in total. The number of rotatable bonds is 8. The van der Waals surface area contributed by atoms with E-state index in [1.165, 1.54) is 34.5 Å². The maximum absolute atomic E-state index is 12.2. The van der Waals surface area contributed by atoms with E-state index in [-0.39, 0.29) is 11.5 Å². The van der Waals surface area contributed by atoms with Crippen molar-refractivity contribution in [1.29, 1.82) is 0 Å². The number of H-pyrrole nitrogens is 2. The minimum absolute atomic E-state index is 0.0221. The van der Waals surface area contributed by atoms with Gasteiger partial charge in [-0.1, -0.05) is 18.2 Å². The molecule has 3 aromatic heterocycles. The van der Waals surface area contributed by atoms with Gasteiger partial charge in [0.2, 0.25) is 5.91 Å². The first-order valence-electron chi connectivity index (χ1n) is 9.85. The van der Waals surface area contributed by atoms with Crippen molar-refractivity contribution in [3.05, 3.63) is 81.3 Å². The highest BCUT2D eigenvalue weighted by atomic mass is 32.1. The van der Waals surface area contributed by atoms with Gasteiger partial charge in [0.25, 0.3) is 11.5 Å². The minimum Gasteiger partial charge on any atom is -0.361 e. The first-order chi connectivity index (χ1) is 15.1. The predicted octanol–water partition coefficient (Wildman–Crippen LogP) is 2.86. The molecule has 4 N–H and O–H groups in total. The number of carbonyl (C=O) groups is 2. The number of aromatic amines is 2. The van der Waals surface area contributed by atoms with Crippen LogP contribution in [0.2, 0.25) is 0 Å². The van der Waals surface area contributed by atoms with E-state index in [0.717, 1.165) is 11.9 Å². The lowest BCUT2D eigenvalue weighted by molar-refractivity contribution is -0.121. The maximum Gasteiger partial charge on any atom is 0.263 e. The van der Waals surface area contributed by atoms with Gasteiger partial charge in [0.1, 0.15) is 5.56 Å². The minimum atomic E-state index is -0.516. The second-order valence-corrected chi connectivity index (χ2v) is 7.83. The lowest BCUT2D eigenvalue weighted by atomic mass is 10.1. The Morgan fingerprint density at radius 2 is 1.94 bits per heavy atom. The zero-order chi connectivity index (χ0) is 21.6. The van der Waals surface area contributed by atoms with Crippen molar-refractivity contribution in [3.63, 3.8) is 0 Å². The molecular weight excluding hydrogens is 414 g/mol. The zero-order valence-corrected chi connectivity index (χ0v) is 17.4. The predicted molar refractivity (Wildman–Crippen MR) is 120 cm³/mol. The highest BCUT2D eigenvalue weighted by Gasteiger charge is 2.13. The average Bonchev–Trinajstić information content (AvgIpc) is 3.39. The van der Waals surface area contributed by atoms with Crippen molar-refractivity contribution in [3.8, 4) is 0 Å². The second kappa shape index (κ2) is 9.40. The normalized spacial score (nSPS) is 10.8. The molecule has 3 heterocycles. The fraction of sp³-hybridized carbons (Fsp3) is 0.182. The third-order valence-corrected chi connectivity index (χ3v) is 5.64. The number of anilines is 1. The van der Waals surface area contributed by atoms with Crippen molar-refractivity contribution in [2.45, 2.75) is 19.3 Å². The molecule has 1 aromatic carbocycles. The summed E-state index contributed by atoms with van der Waals surface area (Å²) in [5.41, 5.74) is 2.55. The van der Waals surface area contributed by atoms with Gasteiger partial charge in [-0.3, -0.25) is 19.7 Å². The number of amides is 2. The van der Waals surface area contributed by atoms with Crippen molar-refractivity contribution < 1.29 is 9.59 Å². The molecule has 0 aliphatic rings. The van der Waals surface area contributed by atoms with Gasteiger partial charge in [-0.2, -0.15) is 0 Å². The fourth-order valence-corrected chi connectivity index (χ4v) is 3.99. The smallest absolute Gasteiger partial charge is 0.263 e. The Morgan fingerprint density at radius 1 is 1.06 bits per heavy atom. The molecule has 0 aliphatic heterocycles. The van der Waals surface area contributed by atoms with Crippen LogP contribution in [-0.2, 0) is 17.6 Å². The van der Waals surface area contributed by atoms with E-state index < -0.39 is 11.5 Å². The van der Waals surface area contributed by atoms with Crippen molar-refractivity contribution in [1.82, 2.24) is 20.3 Å². The molecule has 0 atom stereocenters. The average molecular weight is 436 g/mol. The molecule has 4 rings (SSSR count). The van der Waals surface area contributed by atoms with E-state index in [0.29, 0.717) is 30.2 Å². The third kappa shape index (κ3) is 5.07. The van der Waals surface area contributed by atoms with E-state index in [1.807, 2.05) is 24.4 Å². The van der Waals surface area contributed by atoms with E-state index in [2.05, 4.69) is 31.7 Å². The number of benzene rings is 1. The summed E-state index contributed by atoms with van der Waals surface area (Å²) < 4.78 is 0. The number of hydrogen-bond acceptors (Lipinski definition) is 5. The van der Waals surface area contributed by atoms with Gasteiger partial charge in [0.15, 0.2) is 5.13 Å². The number of nitrogens with zero attached hydrogens (tertiary/aromatic N) is 1. The molecule has 0 bridgehead atoms. The standard InChI is InChI=1S/C22H21N5O3S/c28-19(23-11-9-14-12-25-18-6-2-1-4-16(14)18)8-7-15-13-31-22(26-15)27-21(30)17-5-3-10-24-20(17)29/h1-6,10,12-13,25H,7-9,11H2,(H,23,28)(H,24,29)(H,26,27,30). The summed E-state index contributed by atoms with van der Waals surface area (Å²) in [6.07, 6.45) is 4.97. The first kappa shape index (κ1) is 20.5. The van der Waals surface area contributed by atoms with Crippen LogP contribution in [-0.4, -0.2) is 33.3 Å². The summed E-state index contributed by atoms with van der Waals surface area (Å²) in [6, 6.07) is 11.1.